The second-order valence-electron chi connectivity index (χ2n) is 4.17. The first kappa shape index (κ1) is 11.3. The Kier molecular flexibility index (Phi) is 4.20. The summed E-state index contributed by atoms with van der Waals surface area (Å²) in [5, 5.41) is 6.13. The molecule has 4 nitrogen and oxygen atoms in total. The molecule has 2 unspecified atom stereocenters. The van der Waals surface area contributed by atoms with Crippen LogP contribution in [0.4, 0.5) is 4.79 Å². The van der Waals surface area contributed by atoms with Crippen molar-refractivity contribution in [1.82, 2.24) is 10.6 Å². The zero-order chi connectivity index (χ0) is 10.6. The molecule has 4 heteroatoms. The fourth-order valence-corrected chi connectivity index (χ4v) is 1.58. The number of nitrogens with one attached hydrogen (secondary N) is 2. The van der Waals surface area contributed by atoms with Crippen LogP contribution in [0.5, 0.6) is 0 Å². The van der Waals surface area contributed by atoms with Crippen LogP contribution in [0, 0.1) is 5.92 Å². The molecular weight excluding hydrogens is 180 g/mol. The maximum atomic E-state index is 11.3. The number of ether oxygens (including phenoxy) is 1. The molecule has 0 aromatic rings. The molecular formula is C10H20N2O2. The molecule has 1 fully saturated rings. The van der Waals surface area contributed by atoms with Gasteiger partial charge in [-0.15, -0.1) is 0 Å². The summed E-state index contributed by atoms with van der Waals surface area (Å²) in [5.41, 5.74) is 0. The van der Waals surface area contributed by atoms with Crippen LogP contribution in [0.25, 0.3) is 0 Å². The van der Waals surface area contributed by atoms with Crippen LogP contribution in [-0.2, 0) is 4.74 Å². The SMILES string of the molecule is CC(C)OC(=O)NC1CNCCC1C. The van der Waals surface area contributed by atoms with E-state index in [1.807, 2.05) is 13.8 Å². The predicted octanol–water partition coefficient (Wildman–Crippen LogP) is 1.12. The Balaban J connectivity index is 2.31. The van der Waals surface area contributed by atoms with Crippen molar-refractivity contribution in [2.45, 2.75) is 39.3 Å². The van der Waals surface area contributed by atoms with Crippen molar-refractivity contribution in [2.24, 2.45) is 5.92 Å². The molecule has 0 bridgehead atoms. The smallest absolute Gasteiger partial charge is 0.407 e. The molecule has 1 aliphatic heterocycles. The first-order valence-corrected chi connectivity index (χ1v) is 5.27. The van der Waals surface area contributed by atoms with E-state index in [-0.39, 0.29) is 18.2 Å². The summed E-state index contributed by atoms with van der Waals surface area (Å²) < 4.78 is 5.02. The highest BCUT2D eigenvalue weighted by Gasteiger charge is 2.23. The minimum Gasteiger partial charge on any atom is -0.447 e. The number of carbonyl (C=O) groups excluding carboxylic acids is 1. The second-order valence-corrected chi connectivity index (χ2v) is 4.17. The highest BCUT2D eigenvalue weighted by atomic mass is 16.6. The lowest BCUT2D eigenvalue weighted by Crippen LogP contribution is -2.50. The molecule has 0 radical (unpaired) electrons. The van der Waals surface area contributed by atoms with E-state index < -0.39 is 0 Å². The molecule has 1 saturated heterocycles. The molecule has 0 saturated carbocycles. The maximum Gasteiger partial charge on any atom is 0.407 e. The van der Waals surface area contributed by atoms with Crippen LogP contribution in [0.3, 0.4) is 0 Å². The first-order valence-electron chi connectivity index (χ1n) is 5.27. The summed E-state index contributed by atoms with van der Waals surface area (Å²) in [6, 6.07) is 0.204. The van der Waals surface area contributed by atoms with Gasteiger partial charge in [-0.2, -0.15) is 0 Å². The Hall–Kier alpha value is -0.770. The summed E-state index contributed by atoms with van der Waals surface area (Å²) in [6.07, 6.45) is 0.745. The van der Waals surface area contributed by atoms with Crippen LogP contribution in [0.2, 0.25) is 0 Å². The third kappa shape index (κ3) is 3.54. The number of hydrogen-bond acceptors (Lipinski definition) is 3. The van der Waals surface area contributed by atoms with Crippen LogP contribution >= 0.6 is 0 Å². The van der Waals surface area contributed by atoms with Gasteiger partial charge in [0.05, 0.1) is 6.10 Å². The van der Waals surface area contributed by atoms with E-state index in [0.29, 0.717) is 5.92 Å². The van der Waals surface area contributed by atoms with Gasteiger partial charge in [0.2, 0.25) is 0 Å². The van der Waals surface area contributed by atoms with Gasteiger partial charge >= 0.3 is 6.09 Å². The summed E-state index contributed by atoms with van der Waals surface area (Å²) in [4.78, 5) is 11.3. The molecule has 1 rings (SSSR count). The summed E-state index contributed by atoms with van der Waals surface area (Å²) >= 11 is 0. The van der Waals surface area contributed by atoms with E-state index in [9.17, 15) is 4.79 Å². The van der Waals surface area contributed by atoms with Gasteiger partial charge in [-0.05, 0) is 32.7 Å². The Labute approximate surface area is 85.4 Å². The lowest BCUT2D eigenvalue weighted by Gasteiger charge is -2.30. The molecule has 82 valence electrons. The molecule has 1 aliphatic rings. The summed E-state index contributed by atoms with van der Waals surface area (Å²) in [6.45, 7) is 7.73. The van der Waals surface area contributed by atoms with E-state index >= 15 is 0 Å². The van der Waals surface area contributed by atoms with E-state index in [4.69, 9.17) is 4.74 Å². The number of rotatable bonds is 2. The highest BCUT2D eigenvalue weighted by molar-refractivity contribution is 5.67. The van der Waals surface area contributed by atoms with Crippen molar-refractivity contribution in [3.05, 3.63) is 0 Å². The number of alkyl carbamates (subject to hydrolysis) is 1. The van der Waals surface area contributed by atoms with E-state index in [2.05, 4.69) is 17.6 Å². The third-order valence-corrected chi connectivity index (χ3v) is 2.47. The molecule has 1 heterocycles. The average Bonchev–Trinajstić information content (AvgIpc) is 2.07. The average molecular weight is 200 g/mol. The topological polar surface area (TPSA) is 50.4 Å². The standard InChI is InChI=1S/C10H20N2O2/c1-7(2)14-10(13)12-9-6-11-5-4-8(9)3/h7-9,11H,4-6H2,1-3H3,(H,12,13). The van der Waals surface area contributed by atoms with Crippen molar-refractivity contribution in [1.29, 1.82) is 0 Å². The largest absolute Gasteiger partial charge is 0.447 e. The lowest BCUT2D eigenvalue weighted by atomic mass is 9.95. The molecule has 1 amide bonds. The Morgan fingerprint density at radius 3 is 2.86 bits per heavy atom. The molecule has 2 N–H and O–H groups in total. The van der Waals surface area contributed by atoms with Crippen molar-refractivity contribution < 1.29 is 9.53 Å². The van der Waals surface area contributed by atoms with Gasteiger partial charge in [-0.1, -0.05) is 6.92 Å². The van der Waals surface area contributed by atoms with Crippen molar-refractivity contribution in [3.8, 4) is 0 Å². The van der Waals surface area contributed by atoms with Crippen LogP contribution in [0.15, 0.2) is 0 Å². The van der Waals surface area contributed by atoms with Gasteiger partial charge < -0.3 is 15.4 Å². The van der Waals surface area contributed by atoms with Crippen molar-refractivity contribution >= 4 is 6.09 Å². The van der Waals surface area contributed by atoms with Gasteiger partial charge in [-0.25, -0.2) is 4.79 Å². The first-order chi connectivity index (χ1) is 6.59. The third-order valence-electron chi connectivity index (χ3n) is 2.47. The Morgan fingerprint density at radius 1 is 1.57 bits per heavy atom. The molecule has 0 aromatic carbocycles. The number of hydrogen-bond donors (Lipinski definition) is 2. The van der Waals surface area contributed by atoms with Crippen LogP contribution in [-0.4, -0.2) is 31.3 Å². The van der Waals surface area contributed by atoms with Crippen molar-refractivity contribution in [3.63, 3.8) is 0 Å². The zero-order valence-corrected chi connectivity index (χ0v) is 9.17. The number of piperidine rings is 1. The Bertz CT molecular complexity index is 195. The monoisotopic (exact) mass is 200 g/mol. The number of carbonyl (C=O) groups is 1. The van der Waals surface area contributed by atoms with Crippen LogP contribution in [0.1, 0.15) is 27.2 Å². The fourth-order valence-electron chi connectivity index (χ4n) is 1.58. The van der Waals surface area contributed by atoms with E-state index in [1.165, 1.54) is 0 Å². The number of amides is 1. The summed E-state index contributed by atoms with van der Waals surface area (Å²) in [7, 11) is 0. The molecule has 0 spiro atoms. The zero-order valence-electron chi connectivity index (χ0n) is 9.17. The molecule has 0 aliphatic carbocycles. The van der Waals surface area contributed by atoms with Crippen molar-refractivity contribution in [2.75, 3.05) is 13.1 Å². The van der Waals surface area contributed by atoms with Gasteiger partial charge in [0.1, 0.15) is 0 Å². The second kappa shape index (κ2) is 5.20. The molecule has 14 heavy (non-hydrogen) atoms. The minimum atomic E-state index is -0.305. The minimum absolute atomic E-state index is 0.0538. The van der Waals surface area contributed by atoms with Gasteiger partial charge in [0.15, 0.2) is 0 Å². The highest BCUT2D eigenvalue weighted by Crippen LogP contribution is 2.11. The van der Waals surface area contributed by atoms with Crippen LogP contribution < -0.4 is 10.6 Å². The van der Waals surface area contributed by atoms with E-state index in [1.54, 1.807) is 0 Å². The lowest BCUT2D eigenvalue weighted by molar-refractivity contribution is 0.107. The van der Waals surface area contributed by atoms with Gasteiger partial charge in [0.25, 0.3) is 0 Å². The quantitative estimate of drug-likeness (QED) is 0.702. The van der Waals surface area contributed by atoms with Gasteiger partial charge in [0, 0.05) is 12.6 Å². The Morgan fingerprint density at radius 2 is 2.29 bits per heavy atom. The summed E-state index contributed by atoms with van der Waals surface area (Å²) in [5.74, 6) is 0.524. The van der Waals surface area contributed by atoms with Gasteiger partial charge in [-0.3, -0.25) is 0 Å². The maximum absolute atomic E-state index is 11.3. The molecule has 0 aromatic heterocycles. The predicted molar refractivity (Wildman–Crippen MR) is 55.2 cm³/mol. The molecule has 2 atom stereocenters. The normalized spacial score (nSPS) is 27.4. The fraction of sp³-hybridized carbons (Fsp3) is 0.900. The van der Waals surface area contributed by atoms with E-state index in [0.717, 1.165) is 19.5 Å².